The highest BCUT2D eigenvalue weighted by atomic mass is 16.6. The summed E-state index contributed by atoms with van der Waals surface area (Å²) < 4.78 is 0. The van der Waals surface area contributed by atoms with Crippen LogP contribution in [0.5, 0.6) is 0 Å². The number of rotatable bonds is 1. The maximum absolute atomic E-state index is 9.10. The highest BCUT2D eigenvalue weighted by molar-refractivity contribution is 6.27. The second-order valence-electron chi connectivity index (χ2n) is 3.93. The summed E-state index contributed by atoms with van der Waals surface area (Å²) in [7, 11) is 1.63. The number of nitrogens with zero attached hydrogens (tertiary/aromatic N) is 2. The van der Waals surface area contributed by atoms with Gasteiger partial charge >= 0.3 is 11.9 Å². The van der Waals surface area contributed by atoms with Crippen molar-refractivity contribution in [3.8, 4) is 0 Å². The van der Waals surface area contributed by atoms with Crippen molar-refractivity contribution in [3.05, 3.63) is 0 Å². The lowest BCUT2D eigenvalue weighted by Crippen LogP contribution is -2.47. The molecule has 0 atom stereocenters. The van der Waals surface area contributed by atoms with Crippen LogP contribution in [0.15, 0.2) is 5.16 Å². The number of hydrogen-bond acceptors (Lipinski definition) is 5. The van der Waals surface area contributed by atoms with Gasteiger partial charge in [-0.1, -0.05) is 5.16 Å². The predicted molar refractivity (Wildman–Crippen MR) is 58.9 cm³/mol. The molecule has 7 nitrogen and oxygen atoms in total. The van der Waals surface area contributed by atoms with E-state index in [1.165, 1.54) is 31.6 Å². The molecule has 0 saturated carbocycles. The Hall–Kier alpha value is -1.63. The largest absolute Gasteiger partial charge is 0.473 e. The summed E-state index contributed by atoms with van der Waals surface area (Å²) in [5.41, 5.74) is 1.25. The van der Waals surface area contributed by atoms with Gasteiger partial charge in [0, 0.05) is 12.5 Å². The van der Waals surface area contributed by atoms with Crippen molar-refractivity contribution in [2.45, 2.75) is 12.8 Å². The van der Waals surface area contributed by atoms with Crippen LogP contribution in [-0.4, -0.2) is 59.5 Å². The molecule has 0 aromatic heterocycles. The van der Waals surface area contributed by atoms with Gasteiger partial charge in [0.25, 0.3) is 0 Å². The summed E-state index contributed by atoms with van der Waals surface area (Å²) in [6.45, 7) is 3.55. The summed E-state index contributed by atoms with van der Waals surface area (Å²) in [6.07, 6.45) is 2.56. The van der Waals surface area contributed by atoms with E-state index in [-0.39, 0.29) is 0 Å². The minimum Gasteiger partial charge on any atom is -0.473 e. The lowest BCUT2D eigenvalue weighted by molar-refractivity contribution is -0.159. The molecule has 0 aliphatic carbocycles. The van der Waals surface area contributed by atoms with E-state index in [0.717, 1.165) is 12.5 Å². The average Bonchev–Trinajstić information content (AvgIpc) is 2.31. The maximum atomic E-state index is 9.10. The maximum Gasteiger partial charge on any atom is 0.414 e. The Labute approximate surface area is 98.7 Å². The number of aliphatic carboxylic acids is 2. The molecule has 0 unspecified atom stereocenters. The Morgan fingerprint density at radius 3 is 2.12 bits per heavy atom. The molecule has 3 fully saturated rings. The van der Waals surface area contributed by atoms with Gasteiger partial charge in [0.15, 0.2) is 0 Å². The van der Waals surface area contributed by atoms with Crippen LogP contribution in [0.25, 0.3) is 0 Å². The van der Waals surface area contributed by atoms with Crippen molar-refractivity contribution in [2.75, 3.05) is 26.7 Å². The van der Waals surface area contributed by atoms with Crippen LogP contribution in [0, 0.1) is 5.92 Å². The van der Waals surface area contributed by atoms with Gasteiger partial charge in [-0.05, 0) is 25.9 Å². The van der Waals surface area contributed by atoms with E-state index in [2.05, 4.69) is 10.1 Å². The van der Waals surface area contributed by atoms with Gasteiger partial charge < -0.3 is 15.1 Å². The van der Waals surface area contributed by atoms with E-state index in [1.807, 2.05) is 0 Å². The molecule has 3 rings (SSSR count). The Kier molecular flexibility index (Phi) is 4.89. The monoisotopic (exact) mass is 244 g/mol. The first-order valence-electron chi connectivity index (χ1n) is 5.33. The fourth-order valence-corrected chi connectivity index (χ4v) is 2.00. The summed E-state index contributed by atoms with van der Waals surface area (Å²) >= 11 is 0. The molecule has 3 heterocycles. The normalized spacial score (nSPS) is 28.2. The SMILES string of the molecule is CON=C1CN2CCC1CC2.O=C(O)C(=O)O. The van der Waals surface area contributed by atoms with Gasteiger partial charge in [0.1, 0.15) is 7.11 Å². The van der Waals surface area contributed by atoms with Crippen molar-refractivity contribution in [1.82, 2.24) is 4.90 Å². The second kappa shape index (κ2) is 6.19. The van der Waals surface area contributed by atoms with Crippen LogP contribution in [-0.2, 0) is 14.4 Å². The molecule has 0 amide bonds. The molecule has 17 heavy (non-hydrogen) atoms. The van der Waals surface area contributed by atoms with Crippen LogP contribution in [0.4, 0.5) is 0 Å². The van der Waals surface area contributed by atoms with E-state index in [9.17, 15) is 0 Å². The quantitative estimate of drug-likeness (QED) is 0.492. The molecule has 3 aliphatic rings. The number of hydrogen-bond donors (Lipinski definition) is 2. The van der Waals surface area contributed by atoms with Crippen LogP contribution >= 0.6 is 0 Å². The highest BCUT2D eigenvalue weighted by Gasteiger charge is 2.31. The minimum atomic E-state index is -1.82. The topological polar surface area (TPSA) is 99.4 Å². The Morgan fingerprint density at radius 1 is 1.29 bits per heavy atom. The number of carboxylic acids is 2. The highest BCUT2D eigenvalue weighted by Crippen LogP contribution is 2.25. The van der Waals surface area contributed by atoms with Crippen molar-refractivity contribution < 1.29 is 24.6 Å². The van der Waals surface area contributed by atoms with Gasteiger partial charge in [-0.2, -0.15) is 0 Å². The average molecular weight is 244 g/mol. The molecule has 0 radical (unpaired) electrons. The zero-order valence-electron chi connectivity index (χ0n) is 9.63. The van der Waals surface area contributed by atoms with Gasteiger partial charge in [0.2, 0.25) is 0 Å². The Bertz CT molecular complexity index is 309. The summed E-state index contributed by atoms with van der Waals surface area (Å²) in [4.78, 5) is 25.4. The number of piperidine rings is 3. The Balaban J connectivity index is 0.000000209. The molecule has 7 heteroatoms. The molecule has 3 aliphatic heterocycles. The zero-order valence-corrected chi connectivity index (χ0v) is 9.63. The lowest BCUT2D eigenvalue weighted by atomic mass is 9.87. The first-order valence-corrected chi connectivity index (χ1v) is 5.33. The summed E-state index contributed by atoms with van der Waals surface area (Å²) in [5, 5.41) is 18.8. The van der Waals surface area contributed by atoms with Crippen molar-refractivity contribution in [1.29, 1.82) is 0 Å². The third kappa shape index (κ3) is 4.03. The number of oxime groups is 1. The fourth-order valence-electron chi connectivity index (χ4n) is 2.00. The van der Waals surface area contributed by atoms with E-state index in [1.54, 1.807) is 7.11 Å². The zero-order chi connectivity index (χ0) is 12.8. The van der Waals surface area contributed by atoms with Gasteiger partial charge in [0.05, 0.1) is 5.71 Å². The van der Waals surface area contributed by atoms with E-state index < -0.39 is 11.9 Å². The van der Waals surface area contributed by atoms with Crippen LogP contribution in [0.2, 0.25) is 0 Å². The van der Waals surface area contributed by atoms with Crippen molar-refractivity contribution in [2.24, 2.45) is 11.1 Å². The van der Waals surface area contributed by atoms with Gasteiger partial charge in [-0.15, -0.1) is 0 Å². The molecular formula is C10H16N2O5. The predicted octanol–water partition coefficient (Wildman–Crippen LogP) is -0.130. The fraction of sp³-hybridized carbons (Fsp3) is 0.700. The Morgan fingerprint density at radius 2 is 1.82 bits per heavy atom. The number of carboxylic acid groups (broad SMARTS) is 2. The van der Waals surface area contributed by atoms with Crippen molar-refractivity contribution >= 4 is 17.7 Å². The molecule has 96 valence electrons. The lowest BCUT2D eigenvalue weighted by Gasteiger charge is -2.39. The number of carbonyl (C=O) groups is 2. The van der Waals surface area contributed by atoms with Crippen LogP contribution in [0.1, 0.15) is 12.8 Å². The molecule has 2 N–H and O–H groups in total. The smallest absolute Gasteiger partial charge is 0.414 e. The standard InChI is InChI=1S/C8H14N2O.C2H2O4/c1-11-9-8-6-10-4-2-7(8)3-5-10;3-1(4)2(5)6/h7H,2-6H2,1H3;(H,3,4)(H,5,6). The summed E-state index contributed by atoms with van der Waals surface area (Å²) in [6, 6.07) is 0. The molecule has 0 aromatic carbocycles. The van der Waals surface area contributed by atoms with E-state index in [4.69, 9.17) is 24.6 Å². The van der Waals surface area contributed by atoms with Crippen molar-refractivity contribution in [3.63, 3.8) is 0 Å². The van der Waals surface area contributed by atoms with Gasteiger partial charge in [-0.25, -0.2) is 9.59 Å². The van der Waals surface area contributed by atoms with E-state index in [0.29, 0.717) is 0 Å². The van der Waals surface area contributed by atoms with Crippen LogP contribution < -0.4 is 0 Å². The molecule has 2 bridgehead atoms. The third-order valence-corrected chi connectivity index (χ3v) is 2.84. The van der Waals surface area contributed by atoms with Gasteiger partial charge in [-0.3, -0.25) is 4.90 Å². The molecular weight excluding hydrogens is 228 g/mol. The minimum absolute atomic E-state index is 0.722. The summed E-state index contributed by atoms with van der Waals surface area (Å²) in [5.74, 6) is -2.93. The third-order valence-electron chi connectivity index (χ3n) is 2.84. The second-order valence-corrected chi connectivity index (χ2v) is 3.93. The molecule has 3 saturated heterocycles. The van der Waals surface area contributed by atoms with E-state index >= 15 is 0 Å². The number of fused-ring (bicyclic) bond motifs is 3. The molecule has 0 spiro atoms. The first kappa shape index (κ1) is 13.4. The van der Waals surface area contributed by atoms with Crippen LogP contribution in [0.3, 0.4) is 0 Å². The first-order chi connectivity index (χ1) is 8.04. The molecule has 0 aromatic rings.